The number of rotatable bonds is 15. The van der Waals surface area contributed by atoms with Gasteiger partial charge in [0.05, 0.1) is 7.11 Å². The number of phenolic OH excluding ortho intramolecular Hbond substituents is 1. The molecule has 1 aromatic carbocycles. The van der Waals surface area contributed by atoms with E-state index in [4.69, 9.17) is 9.47 Å². The lowest BCUT2D eigenvalue weighted by Gasteiger charge is -2.04. The fourth-order valence-electron chi connectivity index (χ4n) is 2.95. The van der Waals surface area contributed by atoms with E-state index in [9.17, 15) is 9.90 Å². The van der Waals surface area contributed by atoms with Crippen LogP contribution >= 0.6 is 0 Å². The molecule has 0 heterocycles. The molecule has 0 saturated carbocycles. The van der Waals surface area contributed by atoms with Gasteiger partial charge in [0.25, 0.3) is 0 Å². The summed E-state index contributed by atoms with van der Waals surface area (Å²) < 4.78 is 10.3. The quantitative estimate of drug-likeness (QED) is 0.289. The average molecular weight is 377 g/mol. The topological polar surface area (TPSA) is 55.8 Å². The van der Waals surface area contributed by atoms with Gasteiger partial charge in [0.15, 0.2) is 11.5 Å². The molecule has 4 nitrogen and oxygen atoms in total. The van der Waals surface area contributed by atoms with Crippen LogP contribution in [0.1, 0.15) is 83.1 Å². The van der Waals surface area contributed by atoms with Crippen LogP contribution in [0.25, 0.3) is 6.08 Å². The lowest BCUT2D eigenvalue weighted by Crippen LogP contribution is -2.03. The molecule has 0 amide bonds. The molecule has 0 saturated heterocycles. The minimum Gasteiger partial charge on any atom is -0.504 e. The number of unbranched alkanes of at least 4 members (excludes halogenated alkanes) is 9. The first-order chi connectivity index (χ1) is 13.2. The van der Waals surface area contributed by atoms with Crippen molar-refractivity contribution in [2.75, 3.05) is 13.7 Å². The van der Waals surface area contributed by atoms with Gasteiger partial charge in [0.1, 0.15) is 6.61 Å². The lowest BCUT2D eigenvalue weighted by molar-refractivity contribution is -0.142. The highest BCUT2D eigenvalue weighted by atomic mass is 16.5. The van der Waals surface area contributed by atoms with Crippen LogP contribution in [0.3, 0.4) is 0 Å². The number of aromatic hydroxyl groups is 1. The van der Waals surface area contributed by atoms with Crippen LogP contribution in [-0.4, -0.2) is 24.8 Å². The Hall–Kier alpha value is -1.97. The number of carbonyl (C=O) groups is 1. The second-order valence-corrected chi connectivity index (χ2v) is 6.95. The van der Waals surface area contributed by atoms with E-state index in [1.807, 2.05) is 6.08 Å². The van der Waals surface area contributed by atoms with Crippen LogP contribution in [0.5, 0.6) is 11.5 Å². The molecule has 0 aliphatic carbocycles. The molecule has 27 heavy (non-hydrogen) atoms. The minimum atomic E-state index is -0.137. The fraction of sp³-hybridized carbons (Fsp3) is 0.609. The Bertz CT molecular complexity index is 551. The Morgan fingerprint density at radius 3 is 2.26 bits per heavy atom. The van der Waals surface area contributed by atoms with E-state index in [2.05, 4.69) is 6.92 Å². The molecule has 0 bridgehead atoms. The maximum absolute atomic E-state index is 11.7. The van der Waals surface area contributed by atoms with Crippen molar-refractivity contribution in [2.45, 2.75) is 77.6 Å². The highest BCUT2D eigenvalue weighted by molar-refractivity contribution is 5.69. The van der Waals surface area contributed by atoms with E-state index in [1.165, 1.54) is 58.5 Å². The summed E-state index contributed by atoms with van der Waals surface area (Å²) in [7, 11) is 1.51. The number of hydrogen-bond donors (Lipinski definition) is 1. The zero-order valence-corrected chi connectivity index (χ0v) is 17.0. The van der Waals surface area contributed by atoms with Crippen LogP contribution in [0.2, 0.25) is 0 Å². The Kier molecular flexibility index (Phi) is 12.9. The number of carbonyl (C=O) groups excluding carboxylic acids is 1. The van der Waals surface area contributed by atoms with E-state index < -0.39 is 0 Å². The van der Waals surface area contributed by atoms with Crippen LogP contribution < -0.4 is 4.74 Å². The Labute approximate surface area is 164 Å². The van der Waals surface area contributed by atoms with Crippen molar-refractivity contribution in [1.82, 2.24) is 0 Å². The summed E-state index contributed by atoms with van der Waals surface area (Å²) in [5.74, 6) is 0.398. The number of ether oxygens (including phenoxy) is 2. The molecule has 0 aliphatic heterocycles. The van der Waals surface area contributed by atoms with Crippen LogP contribution in [-0.2, 0) is 9.53 Å². The summed E-state index contributed by atoms with van der Waals surface area (Å²) in [6.45, 7) is 2.51. The molecule has 0 fully saturated rings. The lowest BCUT2D eigenvalue weighted by atomic mass is 10.1. The van der Waals surface area contributed by atoms with Gasteiger partial charge < -0.3 is 14.6 Å². The van der Waals surface area contributed by atoms with E-state index in [0.29, 0.717) is 12.2 Å². The second-order valence-electron chi connectivity index (χ2n) is 6.95. The maximum atomic E-state index is 11.7. The third-order valence-corrected chi connectivity index (χ3v) is 4.59. The molecule has 0 aromatic heterocycles. The van der Waals surface area contributed by atoms with Crippen molar-refractivity contribution < 1.29 is 19.4 Å². The zero-order chi connectivity index (χ0) is 19.7. The van der Waals surface area contributed by atoms with Crippen molar-refractivity contribution in [1.29, 1.82) is 0 Å². The third-order valence-electron chi connectivity index (χ3n) is 4.59. The largest absolute Gasteiger partial charge is 0.504 e. The highest BCUT2D eigenvalue weighted by Crippen LogP contribution is 2.26. The SMILES string of the molecule is CCCCCCCCCCCCC(=O)OC/C=C/c1ccc(O)c(OC)c1. The molecule has 0 unspecified atom stereocenters. The molecule has 1 rings (SSSR count). The third kappa shape index (κ3) is 11.4. The first kappa shape index (κ1) is 23.1. The van der Waals surface area contributed by atoms with Gasteiger partial charge in [-0.05, 0) is 30.2 Å². The molecule has 1 aromatic rings. The van der Waals surface area contributed by atoms with Crippen molar-refractivity contribution in [2.24, 2.45) is 0 Å². The van der Waals surface area contributed by atoms with Gasteiger partial charge in [0, 0.05) is 6.42 Å². The molecular formula is C23H36O4. The number of hydrogen-bond acceptors (Lipinski definition) is 4. The van der Waals surface area contributed by atoms with Crippen molar-refractivity contribution in [3.63, 3.8) is 0 Å². The normalized spacial score (nSPS) is 11.0. The average Bonchev–Trinajstić information content (AvgIpc) is 2.67. The number of benzene rings is 1. The zero-order valence-electron chi connectivity index (χ0n) is 17.0. The van der Waals surface area contributed by atoms with Gasteiger partial charge in [-0.3, -0.25) is 4.79 Å². The number of methoxy groups -OCH3 is 1. The Morgan fingerprint density at radius 1 is 1.00 bits per heavy atom. The van der Waals surface area contributed by atoms with Gasteiger partial charge in [-0.15, -0.1) is 0 Å². The standard InChI is InChI=1S/C23H36O4/c1-3-4-5-6-7-8-9-10-11-12-15-23(25)27-18-13-14-20-16-17-21(24)22(19-20)26-2/h13-14,16-17,19,24H,3-12,15,18H2,1-2H3/b14-13+. The molecule has 0 radical (unpaired) electrons. The van der Waals surface area contributed by atoms with Gasteiger partial charge in [-0.1, -0.05) is 76.9 Å². The highest BCUT2D eigenvalue weighted by Gasteiger charge is 2.02. The van der Waals surface area contributed by atoms with Gasteiger partial charge in [0.2, 0.25) is 0 Å². The van der Waals surface area contributed by atoms with E-state index in [-0.39, 0.29) is 18.3 Å². The predicted molar refractivity (Wildman–Crippen MR) is 111 cm³/mol. The van der Waals surface area contributed by atoms with Crippen LogP contribution in [0, 0.1) is 0 Å². The van der Waals surface area contributed by atoms with Gasteiger partial charge in [-0.2, -0.15) is 0 Å². The van der Waals surface area contributed by atoms with E-state index >= 15 is 0 Å². The van der Waals surface area contributed by atoms with Crippen LogP contribution in [0.4, 0.5) is 0 Å². The Morgan fingerprint density at radius 2 is 1.63 bits per heavy atom. The smallest absolute Gasteiger partial charge is 0.306 e. The summed E-state index contributed by atoms with van der Waals surface area (Å²) >= 11 is 0. The number of esters is 1. The molecule has 0 atom stereocenters. The van der Waals surface area contributed by atoms with Crippen LogP contribution in [0.15, 0.2) is 24.3 Å². The van der Waals surface area contributed by atoms with Crippen molar-refractivity contribution in [3.05, 3.63) is 29.8 Å². The predicted octanol–water partition coefficient (Wildman–Crippen LogP) is 6.27. The first-order valence-corrected chi connectivity index (χ1v) is 10.4. The van der Waals surface area contributed by atoms with Gasteiger partial charge >= 0.3 is 5.97 Å². The molecule has 4 heteroatoms. The Balaban J connectivity index is 2.03. The van der Waals surface area contributed by atoms with E-state index in [1.54, 1.807) is 24.3 Å². The monoisotopic (exact) mass is 376 g/mol. The minimum absolute atomic E-state index is 0.109. The van der Waals surface area contributed by atoms with Crippen molar-refractivity contribution in [3.8, 4) is 11.5 Å². The second kappa shape index (κ2) is 15.1. The first-order valence-electron chi connectivity index (χ1n) is 10.4. The molecule has 152 valence electrons. The summed E-state index contributed by atoms with van der Waals surface area (Å²) in [6, 6.07) is 5.09. The van der Waals surface area contributed by atoms with Gasteiger partial charge in [-0.25, -0.2) is 0 Å². The summed E-state index contributed by atoms with van der Waals surface area (Å²) in [5, 5.41) is 9.56. The number of phenols is 1. The molecule has 0 aliphatic rings. The summed E-state index contributed by atoms with van der Waals surface area (Å²) in [4.78, 5) is 11.7. The van der Waals surface area contributed by atoms with Crippen molar-refractivity contribution >= 4 is 12.0 Å². The molecular weight excluding hydrogens is 340 g/mol. The van der Waals surface area contributed by atoms with E-state index in [0.717, 1.165) is 18.4 Å². The maximum Gasteiger partial charge on any atom is 0.306 e. The summed E-state index contributed by atoms with van der Waals surface area (Å²) in [5.41, 5.74) is 0.885. The summed E-state index contributed by atoms with van der Waals surface area (Å²) in [6.07, 6.45) is 16.7. The molecule has 0 spiro atoms. The fourth-order valence-corrected chi connectivity index (χ4v) is 2.95. The molecule has 1 N–H and O–H groups in total.